The molecule has 0 aliphatic carbocycles. The van der Waals surface area contributed by atoms with Crippen LogP contribution in [0, 0.1) is 0 Å². The van der Waals surface area contributed by atoms with Crippen LogP contribution in [0.15, 0.2) is 42.6 Å². The average Bonchev–Trinajstić information content (AvgIpc) is 3.35. The Morgan fingerprint density at radius 2 is 1.68 bits per heavy atom. The van der Waals surface area contributed by atoms with E-state index in [0.29, 0.717) is 19.8 Å². The van der Waals surface area contributed by atoms with Crippen LogP contribution in [0.4, 0.5) is 0 Å². The molecule has 1 aromatic heterocycles. The lowest BCUT2D eigenvalue weighted by molar-refractivity contribution is 0.00578. The van der Waals surface area contributed by atoms with E-state index in [1.807, 2.05) is 16.9 Å². The Morgan fingerprint density at radius 1 is 1.00 bits per heavy atom. The van der Waals surface area contributed by atoms with Crippen LogP contribution in [0.1, 0.15) is 54.0 Å². The quantitative estimate of drug-likeness (QED) is 0.251. The summed E-state index contributed by atoms with van der Waals surface area (Å²) in [6, 6.07) is 12.5. The highest BCUT2D eigenvalue weighted by atomic mass is 28.4. The molecular formula is C29H43BN2O5Si. The molecule has 7 nitrogen and oxygen atoms in total. The number of ether oxygens (including phenoxy) is 2. The minimum absolute atomic E-state index is 0.159. The summed E-state index contributed by atoms with van der Waals surface area (Å²) in [4.78, 5) is 0. The first-order chi connectivity index (χ1) is 17.6. The molecule has 206 valence electrons. The van der Waals surface area contributed by atoms with Gasteiger partial charge in [-0.3, -0.25) is 0 Å². The van der Waals surface area contributed by atoms with Gasteiger partial charge in [0, 0.05) is 7.11 Å². The van der Waals surface area contributed by atoms with E-state index in [9.17, 15) is 0 Å². The monoisotopic (exact) mass is 538 g/mol. The van der Waals surface area contributed by atoms with Crippen molar-refractivity contribution in [2.45, 2.75) is 84.4 Å². The molecule has 4 rings (SSSR count). The number of aromatic nitrogens is 2. The smallest absolute Gasteiger partial charge is 0.490 e. The van der Waals surface area contributed by atoms with Gasteiger partial charge < -0.3 is 23.2 Å². The predicted molar refractivity (Wildman–Crippen MR) is 156 cm³/mol. The highest BCUT2D eigenvalue weighted by Gasteiger charge is 2.52. The molecule has 0 unspecified atom stereocenters. The Labute approximate surface area is 229 Å². The van der Waals surface area contributed by atoms with Gasteiger partial charge in [-0.15, -0.1) is 0 Å². The number of nitrogens with zero attached hydrogens (tertiary/aromatic N) is 2. The Balaban J connectivity index is 1.71. The molecule has 9 heteroatoms. The van der Waals surface area contributed by atoms with Gasteiger partial charge in [0.15, 0.2) is 8.32 Å². The van der Waals surface area contributed by atoms with Crippen LogP contribution < -0.4 is 10.2 Å². The predicted octanol–water partition coefficient (Wildman–Crippen LogP) is 5.87. The van der Waals surface area contributed by atoms with Crippen LogP contribution in [0.25, 0.3) is 16.6 Å². The van der Waals surface area contributed by atoms with Gasteiger partial charge in [0.1, 0.15) is 12.4 Å². The maximum absolute atomic E-state index is 6.48. The fourth-order valence-electron chi connectivity index (χ4n) is 4.05. The maximum atomic E-state index is 6.48. The van der Waals surface area contributed by atoms with Crippen molar-refractivity contribution in [2.75, 3.05) is 20.3 Å². The number of methoxy groups -OCH3 is 1. The van der Waals surface area contributed by atoms with Crippen molar-refractivity contribution < 1.29 is 23.2 Å². The molecule has 0 N–H and O–H groups in total. The van der Waals surface area contributed by atoms with Crippen molar-refractivity contribution in [1.29, 1.82) is 0 Å². The summed E-state index contributed by atoms with van der Waals surface area (Å²) in [5.41, 5.74) is 3.01. The van der Waals surface area contributed by atoms with E-state index in [1.54, 1.807) is 7.11 Å². The second-order valence-corrected chi connectivity index (χ2v) is 17.5. The number of hydrogen-bond donors (Lipinski definition) is 0. The maximum Gasteiger partial charge on any atom is 0.495 e. The zero-order chi connectivity index (χ0) is 27.9. The van der Waals surface area contributed by atoms with Crippen LogP contribution in [0.5, 0.6) is 5.75 Å². The Bertz CT molecular complexity index is 1270. The van der Waals surface area contributed by atoms with E-state index in [0.717, 1.165) is 33.4 Å². The molecule has 0 saturated carbocycles. The minimum Gasteiger partial charge on any atom is -0.490 e. The lowest BCUT2D eigenvalue weighted by atomic mass is 9.78. The summed E-state index contributed by atoms with van der Waals surface area (Å²) >= 11 is 0. The van der Waals surface area contributed by atoms with E-state index in [1.165, 1.54) is 0 Å². The molecule has 1 saturated heterocycles. The van der Waals surface area contributed by atoms with Gasteiger partial charge in [0.05, 0.1) is 47.2 Å². The Kier molecular flexibility index (Phi) is 7.91. The number of benzene rings is 2. The molecule has 0 bridgehead atoms. The third-order valence-corrected chi connectivity index (χ3v) is 12.8. The van der Waals surface area contributed by atoms with Gasteiger partial charge >= 0.3 is 7.12 Å². The largest absolute Gasteiger partial charge is 0.495 e. The highest BCUT2D eigenvalue weighted by Crippen LogP contribution is 2.38. The van der Waals surface area contributed by atoms with Crippen molar-refractivity contribution in [3.8, 4) is 11.4 Å². The molecule has 0 atom stereocenters. The summed E-state index contributed by atoms with van der Waals surface area (Å²) < 4.78 is 32.5. The van der Waals surface area contributed by atoms with Crippen molar-refractivity contribution in [1.82, 2.24) is 9.78 Å². The molecule has 2 aromatic carbocycles. The SMILES string of the molecule is COCCOc1cc(B2OC(C)(C)C(C)(C)O2)cc2c1cnn2-c1cccc(CO[Si](C)(C)C(C)(C)C)c1. The molecule has 0 amide bonds. The lowest BCUT2D eigenvalue weighted by Crippen LogP contribution is -2.41. The molecular weight excluding hydrogens is 495 g/mol. The molecule has 2 heterocycles. The standard InChI is InChI=1S/C29H43BN2O5Si/c1-27(2,3)38(9,10)35-20-21-12-11-13-23(16-21)32-25-17-22(30-36-28(4,5)29(6,7)37-30)18-26(24(25)19-31-32)34-15-14-33-8/h11-13,16-19H,14-15,20H2,1-10H3. The molecule has 3 aromatic rings. The van der Waals surface area contributed by atoms with Gasteiger partial charge in [-0.05, 0) is 81.1 Å². The molecule has 1 fully saturated rings. The van der Waals surface area contributed by atoms with E-state index in [2.05, 4.69) is 91.9 Å². The van der Waals surface area contributed by atoms with Crippen LogP contribution >= 0.6 is 0 Å². The minimum atomic E-state index is -1.86. The Hall–Kier alpha value is -2.17. The lowest BCUT2D eigenvalue weighted by Gasteiger charge is -2.36. The average molecular weight is 539 g/mol. The van der Waals surface area contributed by atoms with Crippen molar-refractivity contribution in [2.24, 2.45) is 0 Å². The number of rotatable bonds is 9. The second-order valence-electron chi connectivity index (χ2n) is 12.7. The van der Waals surface area contributed by atoms with Crippen molar-refractivity contribution in [3.05, 3.63) is 48.2 Å². The van der Waals surface area contributed by atoms with E-state index < -0.39 is 26.6 Å². The molecule has 1 aliphatic heterocycles. The second kappa shape index (κ2) is 10.4. The van der Waals surface area contributed by atoms with E-state index in [-0.39, 0.29) is 5.04 Å². The fourth-order valence-corrected chi connectivity index (χ4v) is 5.01. The third-order valence-electron chi connectivity index (χ3n) is 8.30. The van der Waals surface area contributed by atoms with E-state index >= 15 is 0 Å². The summed E-state index contributed by atoms with van der Waals surface area (Å²) in [6.07, 6.45) is 1.85. The molecule has 0 radical (unpaired) electrons. The van der Waals surface area contributed by atoms with E-state index in [4.69, 9.17) is 28.3 Å². The van der Waals surface area contributed by atoms with Crippen LogP contribution in [-0.4, -0.2) is 56.7 Å². The topological polar surface area (TPSA) is 64.0 Å². The number of hydrogen-bond acceptors (Lipinski definition) is 6. The van der Waals surface area contributed by atoms with Gasteiger partial charge in [-0.1, -0.05) is 32.9 Å². The van der Waals surface area contributed by atoms with Gasteiger partial charge in [-0.2, -0.15) is 5.10 Å². The van der Waals surface area contributed by atoms with Gasteiger partial charge in [0.25, 0.3) is 0 Å². The first-order valence-corrected chi connectivity index (χ1v) is 16.3. The normalized spacial score (nSPS) is 17.4. The zero-order valence-electron chi connectivity index (χ0n) is 24.7. The summed E-state index contributed by atoms with van der Waals surface area (Å²) in [7, 11) is -0.708. The van der Waals surface area contributed by atoms with Crippen LogP contribution in [0.3, 0.4) is 0 Å². The molecule has 0 spiro atoms. The highest BCUT2D eigenvalue weighted by molar-refractivity contribution is 6.74. The van der Waals surface area contributed by atoms with Gasteiger partial charge in [-0.25, -0.2) is 4.68 Å². The first kappa shape index (κ1) is 28.8. The molecule has 38 heavy (non-hydrogen) atoms. The fraction of sp³-hybridized carbons (Fsp3) is 0.552. The number of fused-ring (bicyclic) bond motifs is 1. The van der Waals surface area contributed by atoms with Gasteiger partial charge in [0.2, 0.25) is 0 Å². The Morgan fingerprint density at radius 3 is 2.32 bits per heavy atom. The van der Waals surface area contributed by atoms with Crippen molar-refractivity contribution >= 4 is 31.8 Å². The third kappa shape index (κ3) is 5.72. The molecule has 1 aliphatic rings. The summed E-state index contributed by atoms with van der Waals surface area (Å²) in [5.74, 6) is 0.730. The van der Waals surface area contributed by atoms with Crippen LogP contribution in [0.2, 0.25) is 18.1 Å². The summed E-state index contributed by atoms with van der Waals surface area (Å²) in [5, 5.41) is 5.84. The zero-order valence-corrected chi connectivity index (χ0v) is 25.7. The van der Waals surface area contributed by atoms with Crippen LogP contribution in [-0.2, 0) is 25.1 Å². The first-order valence-electron chi connectivity index (χ1n) is 13.4. The summed E-state index contributed by atoms with van der Waals surface area (Å²) in [6.45, 7) is 21.1. The van der Waals surface area contributed by atoms with Crippen molar-refractivity contribution in [3.63, 3.8) is 0 Å².